The van der Waals surface area contributed by atoms with Gasteiger partial charge in [0.1, 0.15) is 0 Å². The highest BCUT2D eigenvalue weighted by molar-refractivity contribution is 6.32. The molecule has 0 unspecified atom stereocenters. The number of carbonyl (C=O) groups excluding carboxylic acids is 2. The lowest BCUT2D eigenvalue weighted by Gasteiger charge is -2.22. The predicted molar refractivity (Wildman–Crippen MR) is 92.6 cm³/mol. The normalized spacial score (nSPS) is 16.8. The van der Waals surface area contributed by atoms with E-state index in [0.29, 0.717) is 22.1 Å². The lowest BCUT2D eigenvalue weighted by Crippen LogP contribution is -2.38. The largest absolute Gasteiger partial charge is 0.454 e. The Morgan fingerprint density at radius 3 is 2.84 bits per heavy atom. The van der Waals surface area contributed by atoms with Gasteiger partial charge in [-0.25, -0.2) is 4.79 Å². The van der Waals surface area contributed by atoms with Crippen LogP contribution in [0, 0.1) is 0 Å². The van der Waals surface area contributed by atoms with Crippen LogP contribution in [0.3, 0.4) is 0 Å². The van der Waals surface area contributed by atoms with E-state index in [4.69, 9.17) is 25.8 Å². The van der Waals surface area contributed by atoms with Crippen LogP contribution in [0.2, 0.25) is 5.02 Å². The Kier molecular flexibility index (Phi) is 5.81. The minimum Gasteiger partial charge on any atom is -0.454 e. The topological polar surface area (TPSA) is 73.9 Å². The number of benzene rings is 1. The van der Waals surface area contributed by atoms with Crippen LogP contribution < -0.4 is 14.8 Å². The van der Waals surface area contributed by atoms with E-state index in [1.54, 1.807) is 18.2 Å². The Morgan fingerprint density at radius 1 is 1.24 bits per heavy atom. The van der Waals surface area contributed by atoms with E-state index < -0.39 is 5.97 Å². The van der Waals surface area contributed by atoms with Crippen LogP contribution in [0.1, 0.15) is 37.7 Å². The predicted octanol–water partition coefficient (Wildman–Crippen LogP) is 3.07. The summed E-state index contributed by atoms with van der Waals surface area (Å²) in [6.45, 7) is -0.151. The highest BCUT2D eigenvalue weighted by atomic mass is 35.5. The average Bonchev–Trinajstić information content (AvgIpc) is 3.08. The molecule has 0 spiro atoms. The third-order valence-electron chi connectivity index (χ3n) is 4.18. The highest BCUT2D eigenvalue weighted by Gasteiger charge is 2.18. The Labute approximate surface area is 151 Å². The Hall–Kier alpha value is -2.21. The number of hydrogen-bond donors (Lipinski definition) is 1. The van der Waals surface area contributed by atoms with Crippen molar-refractivity contribution in [3.05, 3.63) is 28.8 Å². The molecule has 1 aliphatic carbocycles. The summed E-state index contributed by atoms with van der Waals surface area (Å²) in [7, 11) is 0. The Bertz CT molecular complexity index is 682. The molecule has 0 radical (unpaired) electrons. The van der Waals surface area contributed by atoms with E-state index >= 15 is 0 Å². The van der Waals surface area contributed by atoms with E-state index in [9.17, 15) is 9.59 Å². The van der Waals surface area contributed by atoms with Crippen molar-refractivity contribution in [2.75, 3.05) is 13.4 Å². The number of fused-ring (bicyclic) bond motifs is 1. The molecule has 134 valence electrons. The van der Waals surface area contributed by atoms with Crippen LogP contribution >= 0.6 is 11.6 Å². The summed E-state index contributed by atoms with van der Waals surface area (Å²) in [5.74, 6) is 0.181. The van der Waals surface area contributed by atoms with Gasteiger partial charge < -0.3 is 19.5 Å². The van der Waals surface area contributed by atoms with Gasteiger partial charge in [-0.15, -0.1) is 0 Å². The molecule has 0 bridgehead atoms. The number of amides is 1. The van der Waals surface area contributed by atoms with Gasteiger partial charge in [-0.1, -0.05) is 30.9 Å². The van der Waals surface area contributed by atoms with Crippen molar-refractivity contribution in [3.63, 3.8) is 0 Å². The molecule has 6 nitrogen and oxygen atoms in total. The molecule has 1 N–H and O–H groups in total. The summed E-state index contributed by atoms with van der Waals surface area (Å²) >= 11 is 6.08. The van der Waals surface area contributed by atoms with Crippen molar-refractivity contribution in [1.82, 2.24) is 5.32 Å². The third-order valence-corrected chi connectivity index (χ3v) is 4.46. The maximum absolute atomic E-state index is 11.8. The average molecular weight is 366 g/mol. The Morgan fingerprint density at radius 2 is 2.04 bits per heavy atom. The van der Waals surface area contributed by atoms with Crippen LogP contribution in [-0.4, -0.2) is 31.3 Å². The number of esters is 1. The number of carbonyl (C=O) groups is 2. The third kappa shape index (κ3) is 4.89. The summed E-state index contributed by atoms with van der Waals surface area (Å²) in [5, 5.41) is 3.31. The van der Waals surface area contributed by atoms with Crippen LogP contribution in [0.4, 0.5) is 0 Å². The summed E-state index contributed by atoms with van der Waals surface area (Å²) in [6.07, 6.45) is 8.26. The SMILES string of the molecule is O=C(COC(=O)/C=C/c1cc(Cl)c2c(c1)OCO2)NC1CCCCC1. The van der Waals surface area contributed by atoms with Crippen LogP contribution in [0.15, 0.2) is 18.2 Å². The first-order chi connectivity index (χ1) is 12.1. The van der Waals surface area contributed by atoms with E-state index in [1.165, 1.54) is 12.5 Å². The van der Waals surface area contributed by atoms with E-state index in [1.807, 2.05) is 0 Å². The second-order valence-corrected chi connectivity index (χ2v) is 6.49. The van der Waals surface area contributed by atoms with Crippen LogP contribution in [-0.2, 0) is 14.3 Å². The number of ether oxygens (including phenoxy) is 3. The second kappa shape index (κ2) is 8.25. The minimum absolute atomic E-state index is 0.125. The number of hydrogen-bond acceptors (Lipinski definition) is 5. The second-order valence-electron chi connectivity index (χ2n) is 6.08. The van der Waals surface area contributed by atoms with Gasteiger partial charge in [-0.2, -0.15) is 0 Å². The van der Waals surface area contributed by atoms with E-state index in [-0.39, 0.29) is 25.3 Å². The zero-order valence-corrected chi connectivity index (χ0v) is 14.5. The number of rotatable bonds is 5. The molecule has 1 aromatic carbocycles. The van der Waals surface area contributed by atoms with Gasteiger partial charge in [-0.3, -0.25) is 4.79 Å². The molecule has 0 saturated heterocycles. The van der Waals surface area contributed by atoms with Gasteiger partial charge >= 0.3 is 5.97 Å². The first-order valence-corrected chi connectivity index (χ1v) is 8.73. The van der Waals surface area contributed by atoms with Gasteiger partial charge in [0.25, 0.3) is 5.91 Å². The molecular weight excluding hydrogens is 346 g/mol. The Balaban J connectivity index is 1.46. The van der Waals surface area contributed by atoms with Crippen molar-refractivity contribution >= 4 is 29.6 Å². The maximum Gasteiger partial charge on any atom is 0.331 e. The van der Waals surface area contributed by atoms with Crippen LogP contribution in [0.5, 0.6) is 11.5 Å². The van der Waals surface area contributed by atoms with Crippen molar-refractivity contribution in [3.8, 4) is 11.5 Å². The molecule has 1 amide bonds. The molecule has 1 fully saturated rings. The van der Waals surface area contributed by atoms with Crippen LogP contribution in [0.25, 0.3) is 6.08 Å². The van der Waals surface area contributed by atoms with Crippen molar-refractivity contribution in [1.29, 1.82) is 0 Å². The molecule has 7 heteroatoms. The fraction of sp³-hybridized carbons (Fsp3) is 0.444. The zero-order valence-electron chi connectivity index (χ0n) is 13.8. The molecule has 1 aromatic rings. The number of halogens is 1. The standard InChI is InChI=1S/C18H20ClNO5/c19-14-8-12(9-15-18(14)25-11-24-15)6-7-17(22)23-10-16(21)20-13-4-2-1-3-5-13/h6-9,13H,1-5,10-11H2,(H,20,21)/b7-6+. The van der Waals surface area contributed by atoms with Crippen molar-refractivity contribution in [2.24, 2.45) is 0 Å². The fourth-order valence-electron chi connectivity index (χ4n) is 2.95. The smallest absolute Gasteiger partial charge is 0.331 e. The first-order valence-electron chi connectivity index (χ1n) is 8.35. The quantitative estimate of drug-likeness (QED) is 0.641. The fourth-order valence-corrected chi connectivity index (χ4v) is 3.22. The maximum atomic E-state index is 11.8. The zero-order chi connectivity index (χ0) is 17.6. The van der Waals surface area contributed by atoms with Gasteiger partial charge in [0.2, 0.25) is 6.79 Å². The van der Waals surface area contributed by atoms with Gasteiger partial charge in [-0.05, 0) is 36.6 Å². The van der Waals surface area contributed by atoms with Gasteiger partial charge in [0.15, 0.2) is 18.1 Å². The molecule has 1 saturated carbocycles. The molecule has 25 heavy (non-hydrogen) atoms. The molecule has 1 heterocycles. The van der Waals surface area contributed by atoms with Crippen molar-refractivity contribution in [2.45, 2.75) is 38.1 Å². The molecule has 2 aliphatic rings. The lowest BCUT2D eigenvalue weighted by molar-refractivity contribution is -0.144. The lowest BCUT2D eigenvalue weighted by atomic mass is 9.95. The summed E-state index contributed by atoms with van der Waals surface area (Å²) in [4.78, 5) is 23.6. The molecule has 3 rings (SSSR count). The molecule has 1 aliphatic heterocycles. The van der Waals surface area contributed by atoms with E-state index in [2.05, 4.69) is 5.32 Å². The van der Waals surface area contributed by atoms with Gasteiger partial charge in [0, 0.05) is 12.1 Å². The van der Waals surface area contributed by atoms with E-state index in [0.717, 1.165) is 25.7 Å². The summed E-state index contributed by atoms with van der Waals surface area (Å²) in [6, 6.07) is 3.58. The minimum atomic E-state index is -0.590. The van der Waals surface area contributed by atoms with Gasteiger partial charge in [0.05, 0.1) is 5.02 Å². The summed E-state index contributed by atoms with van der Waals surface area (Å²) < 4.78 is 15.5. The number of nitrogens with one attached hydrogen (secondary N) is 1. The first kappa shape index (κ1) is 17.6. The molecular formula is C18H20ClNO5. The molecule has 0 aromatic heterocycles. The molecule has 0 atom stereocenters. The highest BCUT2D eigenvalue weighted by Crippen LogP contribution is 2.40. The van der Waals surface area contributed by atoms with Crippen molar-refractivity contribution < 1.29 is 23.8 Å². The summed E-state index contributed by atoms with van der Waals surface area (Å²) in [5.41, 5.74) is 0.679. The monoisotopic (exact) mass is 365 g/mol.